The van der Waals surface area contributed by atoms with Crippen LogP contribution < -0.4 is 10.6 Å². The largest absolute Gasteiger partial charge is 0.332 e. The van der Waals surface area contributed by atoms with Crippen LogP contribution in [0.4, 0.5) is 11.4 Å². The lowest BCUT2D eigenvalue weighted by molar-refractivity contribution is 0.101. The fourth-order valence-electron chi connectivity index (χ4n) is 2.90. The van der Waals surface area contributed by atoms with Crippen LogP contribution >= 0.6 is 12.2 Å². The average Bonchev–Trinajstić information content (AvgIpc) is 3.18. The second-order valence-corrected chi connectivity index (χ2v) is 8.70. The summed E-state index contributed by atoms with van der Waals surface area (Å²) < 4.78 is 26.6. The number of rotatable bonds is 5. The minimum Gasteiger partial charge on any atom is -0.332 e. The molecule has 6 nitrogen and oxygen atoms in total. The first-order valence-corrected chi connectivity index (χ1v) is 10.5. The Morgan fingerprint density at radius 2 is 1.63 bits per heavy atom. The second kappa shape index (κ2) is 8.16. The molecule has 27 heavy (non-hydrogen) atoms. The molecule has 3 rings (SSSR count). The van der Waals surface area contributed by atoms with Crippen LogP contribution in [0.5, 0.6) is 0 Å². The standard InChI is InChI=1S/C19H21N3O3S2/c1-14(23)15-5-4-6-17(13-15)21-19(26)20-16-7-9-18(10-8-16)27(24,25)22-11-2-3-12-22/h4-10,13H,2-3,11-12H2,1H3,(H2,20,21,26). The van der Waals surface area contributed by atoms with E-state index in [1.807, 2.05) is 6.07 Å². The summed E-state index contributed by atoms with van der Waals surface area (Å²) in [7, 11) is -3.42. The summed E-state index contributed by atoms with van der Waals surface area (Å²) in [6.07, 6.45) is 1.81. The number of thiocarbonyl (C=S) groups is 1. The highest BCUT2D eigenvalue weighted by molar-refractivity contribution is 7.89. The molecule has 1 fully saturated rings. The lowest BCUT2D eigenvalue weighted by Crippen LogP contribution is -2.27. The summed E-state index contributed by atoms with van der Waals surface area (Å²) in [6.45, 7) is 2.67. The van der Waals surface area contributed by atoms with Crippen molar-refractivity contribution in [1.82, 2.24) is 4.31 Å². The van der Waals surface area contributed by atoms with E-state index in [1.54, 1.807) is 42.5 Å². The van der Waals surface area contributed by atoms with Gasteiger partial charge >= 0.3 is 0 Å². The van der Waals surface area contributed by atoms with Crippen molar-refractivity contribution in [2.24, 2.45) is 0 Å². The molecule has 1 aliphatic heterocycles. The molecule has 0 unspecified atom stereocenters. The van der Waals surface area contributed by atoms with E-state index in [4.69, 9.17) is 12.2 Å². The van der Waals surface area contributed by atoms with Crippen molar-refractivity contribution in [3.8, 4) is 0 Å². The van der Waals surface area contributed by atoms with Crippen LogP contribution in [0.2, 0.25) is 0 Å². The maximum atomic E-state index is 12.5. The van der Waals surface area contributed by atoms with E-state index in [1.165, 1.54) is 11.2 Å². The fraction of sp³-hybridized carbons (Fsp3) is 0.263. The van der Waals surface area contributed by atoms with E-state index in [0.717, 1.165) is 12.8 Å². The molecule has 8 heteroatoms. The minimum absolute atomic E-state index is 0.0210. The van der Waals surface area contributed by atoms with E-state index in [0.29, 0.717) is 35.1 Å². The molecular formula is C19H21N3O3S2. The van der Waals surface area contributed by atoms with Gasteiger partial charge in [-0.3, -0.25) is 4.79 Å². The van der Waals surface area contributed by atoms with Gasteiger partial charge in [0.05, 0.1) is 4.90 Å². The van der Waals surface area contributed by atoms with Crippen molar-refractivity contribution in [3.05, 3.63) is 54.1 Å². The molecule has 2 aromatic rings. The molecular weight excluding hydrogens is 382 g/mol. The van der Waals surface area contributed by atoms with Crippen molar-refractivity contribution in [2.75, 3.05) is 23.7 Å². The molecule has 0 aromatic heterocycles. The van der Waals surface area contributed by atoms with E-state index in [9.17, 15) is 13.2 Å². The number of anilines is 2. The third kappa shape index (κ3) is 4.71. The van der Waals surface area contributed by atoms with Gasteiger partial charge in [0.25, 0.3) is 0 Å². The third-order valence-corrected chi connectivity index (χ3v) is 6.46. The molecule has 0 spiro atoms. The lowest BCUT2D eigenvalue weighted by atomic mass is 10.1. The van der Waals surface area contributed by atoms with Gasteiger partial charge in [0.15, 0.2) is 10.9 Å². The Kier molecular flexibility index (Phi) is 5.88. The van der Waals surface area contributed by atoms with Crippen LogP contribution in [0.3, 0.4) is 0 Å². The van der Waals surface area contributed by atoms with Crippen molar-refractivity contribution < 1.29 is 13.2 Å². The summed E-state index contributed by atoms with van der Waals surface area (Å²) >= 11 is 5.29. The first-order valence-electron chi connectivity index (χ1n) is 8.65. The van der Waals surface area contributed by atoms with Crippen molar-refractivity contribution in [3.63, 3.8) is 0 Å². The molecule has 0 amide bonds. The predicted octanol–water partition coefficient (Wildman–Crippen LogP) is 3.48. The summed E-state index contributed by atoms with van der Waals surface area (Å²) in [4.78, 5) is 11.7. The molecule has 0 bridgehead atoms. The third-order valence-electron chi connectivity index (χ3n) is 4.34. The van der Waals surface area contributed by atoms with Gasteiger partial charge in [0, 0.05) is 30.0 Å². The van der Waals surface area contributed by atoms with Gasteiger partial charge in [-0.2, -0.15) is 4.31 Å². The van der Waals surface area contributed by atoms with Crippen LogP contribution in [-0.4, -0.2) is 36.7 Å². The van der Waals surface area contributed by atoms with Crippen molar-refractivity contribution in [2.45, 2.75) is 24.7 Å². The summed E-state index contributed by atoms with van der Waals surface area (Å²) in [6, 6.07) is 13.6. The number of carbonyl (C=O) groups excluding carboxylic acids is 1. The highest BCUT2D eigenvalue weighted by Crippen LogP contribution is 2.22. The molecule has 2 N–H and O–H groups in total. The van der Waals surface area contributed by atoms with Gasteiger partial charge in [-0.05, 0) is 68.4 Å². The number of ketones is 1. The number of nitrogens with one attached hydrogen (secondary N) is 2. The Labute approximate surface area is 164 Å². The average molecular weight is 404 g/mol. The zero-order valence-electron chi connectivity index (χ0n) is 14.9. The summed E-state index contributed by atoms with van der Waals surface area (Å²) in [5.41, 5.74) is 1.98. The summed E-state index contributed by atoms with van der Waals surface area (Å²) in [5.74, 6) is -0.0210. The van der Waals surface area contributed by atoms with Gasteiger partial charge < -0.3 is 10.6 Å². The van der Waals surface area contributed by atoms with Crippen molar-refractivity contribution in [1.29, 1.82) is 0 Å². The smallest absolute Gasteiger partial charge is 0.243 e. The molecule has 0 radical (unpaired) electrons. The first-order chi connectivity index (χ1) is 12.9. The topological polar surface area (TPSA) is 78.5 Å². The Morgan fingerprint density at radius 1 is 1.00 bits per heavy atom. The zero-order chi connectivity index (χ0) is 19.4. The van der Waals surface area contributed by atoms with E-state index < -0.39 is 10.0 Å². The predicted molar refractivity (Wildman–Crippen MR) is 111 cm³/mol. The van der Waals surface area contributed by atoms with Crippen LogP contribution in [0.25, 0.3) is 0 Å². The number of hydrogen-bond acceptors (Lipinski definition) is 4. The summed E-state index contributed by atoms with van der Waals surface area (Å²) in [5, 5.41) is 6.38. The molecule has 1 saturated heterocycles. The first kappa shape index (κ1) is 19.5. The Bertz CT molecular complexity index is 950. The van der Waals surface area contributed by atoms with Gasteiger partial charge in [-0.15, -0.1) is 0 Å². The molecule has 0 atom stereocenters. The molecule has 1 aliphatic rings. The number of sulfonamides is 1. The minimum atomic E-state index is -3.42. The number of nitrogens with zero attached hydrogens (tertiary/aromatic N) is 1. The quantitative estimate of drug-likeness (QED) is 0.588. The Morgan fingerprint density at radius 3 is 2.26 bits per heavy atom. The molecule has 0 saturated carbocycles. The fourth-order valence-corrected chi connectivity index (χ4v) is 4.65. The van der Waals surface area contributed by atoms with Gasteiger partial charge in [-0.1, -0.05) is 12.1 Å². The maximum absolute atomic E-state index is 12.5. The van der Waals surface area contributed by atoms with E-state index >= 15 is 0 Å². The van der Waals surface area contributed by atoms with Gasteiger partial charge in [-0.25, -0.2) is 8.42 Å². The highest BCUT2D eigenvalue weighted by atomic mass is 32.2. The maximum Gasteiger partial charge on any atom is 0.243 e. The van der Waals surface area contributed by atoms with E-state index in [2.05, 4.69) is 10.6 Å². The van der Waals surface area contributed by atoms with Gasteiger partial charge in [0.1, 0.15) is 0 Å². The van der Waals surface area contributed by atoms with E-state index in [-0.39, 0.29) is 10.7 Å². The molecule has 142 valence electrons. The van der Waals surface area contributed by atoms with Crippen LogP contribution in [0.15, 0.2) is 53.4 Å². The monoisotopic (exact) mass is 403 g/mol. The molecule has 2 aromatic carbocycles. The normalized spacial score (nSPS) is 14.7. The lowest BCUT2D eigenvalue weighted by Gasteiger charge is -2.16. The van der Waals surface area contributed by atoms with Gasteiger partial charge in [0.2, 0.25) is 10.0 Å². The molecule has 0 aliphatic carbocycles. The number of carbonyl (C=O) groups is 1. The highest BCUT2D eigenvalue weighted by Gasteiger charge is 2.26. The Hall–Kier alpha value is -2.29. The number of hydrogen-bond donors (Lipinski definition) is 2. The Balaban J connectivity index is 1.65. The van der Waals surface area contributed by atoms with Crippen molar-refractivity contribution >= 4 is 44.5 Å². The van der Waals surface area contributed by atoms with Crippen LogP contribution in [-0.2, 0) is 10.0 Å². The second-order valence-electron chi connectivity index (χ2n) is 6.35. The molecule has 1 heterocycles. The zero-order valence-corrected chi connectivity index (χ0v) is 16.6. The number of benzene rings is 2. The SMILES string of the molecule is CC(=O)c1cccc(NC(=S)Nc2ccc(S(=O)(=O)N3CCCC3)cc2)c1. The number of Topliss-reactive ketones (excluding diaryl/α,β-unsaturated/α-hetero) is 1. The van der Waals surface area contributed by atoms with Crippen LogP contribution in [0.1, 0.15) is 30.1 Å². The van der Waals surface area contributed by atoms with Crippen LogP contribution in [0, 0.1) is 0 Å².